The molecule has 0 aromatic heterocycles. The molecule has 16 heavy (non-hydrogen) atoms. The van der Waals surface area contributed by atoms with Crippen LogP contribution < -0.4 is 10.6 Å². The molecule has 0 heterocycles. The summed E-state index contributed by atoms with van der Waals surface area (Å²) in [6, 6.07) is -0.153. The molecular formula is C10H21N3O3. The molecule has 0 aliphatic heterocycles. The smallest absolute Gasteiger partial charge is 0.316 e. The number of aliphatic carboxylic acids is 1. The van der Waals surface area contributed by atoms with Crippen molar-refractivity contribution < 1.29 is 14.7 Å². The van der Waals surface area contributed by atoms with Crippen molar-refractivity contribution in [3.63, 3.8) is 0 Å². The summed E-state index contributed by atoms with van der Waals surface area (Å²) in [5.74, 6) is -0.836. The van der Waals surface area contributed by atoms with E-state index in [-0.39, 0.29) is 6.03 Å². The summed E-state index contributed by atoms with van der Waals surface area (Å²) in [7, 11) is 3.33. The fourth-order valence-corrected chi connectivity index (χ4v) is 0.892. The van der Waals surface area contributed by atoms with Gasteiger partial charge in [-0.25, -0.2) is 4.79 Å². The second-order valence-electron chi connectivity index (χ2n) is 4.49. The highest BCUT2D eigenvalue weighted by molar-refractivity contribution is 5.74. The van der Waals surface area contributed by atoms with Crippen LogP contribution in [0.1, 0.15) is 13.8 Å². The van der Waals surface area contributed by atoms with Gasteiger partial charge in [0.15, 0.2) is 0 Å². The van der Waals surface area contributed by atoms with Gasteiger partial charge in [-0.3, -0.25) is 4.79 Å². The molecule has 0 spiro atoms. The normalized spacial score (nSPS) is 11.0. The molecule has 0 atom stereocenters. The summed E-state index contributed by atoms with van der Waals surface area (Å²) in [6.07, 6.45) is 0. The predicted molar refractivity (Wildman–Crippen MR) is 61.4 cm³/mol. The summed E-state index contributed by atoms with van der Waals surface area (Å²) in [6.45, 7) is 4.71. The number of carbonyl (C=O) groups is 2. The van der Waals surface area contributed by atoms with E-state index < -0.39 is 11.4 Å². The van der Waals surface area contributed by atoms with Crippen LogP contribution in [0, 0.1) is 5.41 Å². The molecule has 0 aliphatic carbocycles. The Morgan fingerprint density at radius 1 is 1.25 bits per heavy atom. The van der Waals surface area contributed by atoms with Gasteiger partial charge in [-0.1, -0.05) is 0 Å². The first kappa shape index (κ1) is 14.7. The maximum absolute atomic E-state index is 11.1. The molecule has 0 fully saturated rings. The largest absolute Gasteiger partial charge is 0.481 e. The first-order chi connectivity index (χ1) is 7.27. The number of nitrogens with one attached hydrogen (secondary N) is 2. The van der Waals surface area contributed by atoms with Crippen LogP contribution in [0.2, 0.25) is 0 Å². The first-order valence-corrected chi connectivity index (χ1v) is 5.16. The van der Waals surface area contributed by atoms with Gasteiger partial charge in [0, 0.05) is 33.7 Å². The van der Waals surface area contributed by atoms with Gasteiger partial charge in [-0.15, -0.1) is 0 Å². The van der Waals surface area contributed by atoms with Crippen LogP contribution in [0.4, 0.5) is 4.79 Å². The summed E-state index contributed by atoms with van der Waals surface area (Å²) >= 11 is 0. The molecule has 0 saturated carbocycles. The van der Waals surface area contributed by atoms with Gasteiger partial charge in [-0.05, 0) is 13.8 Å². The third kappa shape index (κ3) is 5.55. The van der Waals surface area contributed by atoms with E-state index in [1.165, 1.54) is 4.90 Å². The molecule has 94 valence electrons. The van der Waals surface area contributed by atoms with E-state index in [4.69, 9.17) is 5.11 Å². The zero-order valence-electron chi connectivity index (χ0n) is 10.3. The average molecular weight is 231 g/mol. The van der Waals surface area contributed by atoms with E-state index in [0.29, 0.717) is 19.6 Å². The summed E-state index contributed by atoms with van der Waals surface area (Å²) in [4.78, 5) is 23.3. The number of urea groups is 1. The van der Waals surface area contributed by atoms with Crippen LogP contribution >= 0.6 is 0 Å². The van der Waals surface area contributed by atoms with Gasteiger partial charge in [0.25, 0.3) is 0 Å². The maximum atomic E-state index is 11.1. The zero-order valence-corrected chi connectivity index (χ0v) is 10.3. The number of amides is 2. The van der Waals surface area contributed by atoms with Crippen LogP contribution in [0.5, 0.6) is 0 Å². The Kier molecular flexibility index (Phi) is 5.81. The maximum Gasteiger partial charge on any atom is 0.316 e. The Labute approximate surface area is 96.0 Å². The van der Waals surface area contributed by atoms with Gasteiger partial charge < -0.3 is 20.6 Å². The molecule has 0 aliphatic rings. The molecule has 0 saturated heterocycles. The van der Waals surface area contributed by atoms with Crippen molar-refractivity contribution >= 4 is 12.0 Å². The molecule has 6 heteroatoms. The number of carboxylic acids is 1. The topological polar surface area (TPSA) is 81.7 Å². The van der Waals surface area contributed by atoms with Crippen molar-refractivity contribution in [2.24, 2.45) is 5.41 Å². The molecule has 0 radical (unpaired) electrons. The summed E-state index contributed by atoms with van der Waals surface area (Å²) in [5.41, 5.74) is -0.786. The molecule has 0 aromatic rings. The SMILES string of the molecule is CN(C)C(=O)NCCNCC(C)(C)C(=O)O. The Hall–Kier alpha value is -1.30. The van der Waals surface area contributed by atoms with E-state index >= 15 is 0 Å². The third-order valence-corrected chi connectivity index (χ3v) is 2.13. The lowest BCUT2D eigenvalue weighted by Gasteiger charge is -2.19. The van der Waals surface area contributed by atoms with Crippen molar-refractivity contribution in [3.05, 3.63) is 0 Å². The molecule has 0 aromatic carbocycles. The monoisotopic (exact) mass is 231 g/mol. The Bertz CT molecular complexity index is 252. The van der Waals surface area contributed by atoms with Crippen molar-refractivity contribution in [2.45, 2.75) is 13.8 Å². The van der Waals surface area contributed by atoms with Crippen LogP contribution in [-0.2, 0) is 4.79 Å². The lowest BCUT2D eigenvalue weighted by atomic mass is 9.94. The Balaban J connectivity index is 3.62. The van der Waals surface area contributed by atoms with Gasteiger partial charge in [-0.2, -0.15) is 0 Å². The standard InChI is InChI=1S/C10H21N3O3/c1-10(2,8(14)15)7-11-5-6-12-9(16)13(3)4/h11H,5-7H2,1-4H3,(H,12,16)(H,14,15). The van der Waals surface area contributed by atoms with Crippen LogP contribution in [0.15, 0.2) is 0 Å². The van der Waals surface area contributed by atoms with Crippen molar-refractivity contribution in [1.29, 1.82) is 0 Å². The average Bonchev–Trinajstić information content (AvgIpc) is 2.16. The van der Waals surface area contributed by atoms with E-state index in [0.717, 1.165) is 0 Å². The highest BCUT2D eigenvalue weighted by Gasteiger charge is 2.26. The number of hydrogen-bond acceptors (Lipinski definition) is 3. The van der Waals surface area contributed by atoms with E-state index in [2.05, 4.69) is 10.6 Å². The third-order valence-electron chi connectivity index (χ3n) is 2.13. The van der Waals surface area contributed by atoms with Gasteiger partial charge in [0.2, 0.25) is 0 Å². The molecule has 0 bridgehead atoms. The van der Waals surface area contributed by atoms with Crippen molar-refractivity contribution in [1.82, 2.24) is 15.5 Å². The number of carbonyl (C=O) groups excluding carboxylic acids is 1. The fraction of sp³-hybridized carbons (Fsp3) is 0.800. The summed E-state index contributed by atoms with van der Waals surface area (Å²) < 4.78 is 0. The Morgan fingerprint density at radius 3 is 2.25 bits per heavy atom. The van der Waals surface area contributed by atoms with Crippen LogP contribution in [0.25, 0.3) is 0 Å². The first-order valence-electron chi connectivity index (χ1n) is 5.16. The summed E-state index contributed by atoms with van der Waals surface area (Å²) in [5, 5.41) is 14.5. The van der Waals surface area contributed by atoms with Crippen molar-refractivity contribution in [3.8, 4) is 0 Å². The lowest BCUT2D eigenvalue weighted by Crippen LogP contribution is -2.41. The van der Waals surface area contributed by atoms with Crippen LogP contribution in [-0.4, -0.2) is 55.7 Å². The van der Waals surface area contributed by atoms with Gasteiger partial charge >= 0.3 is 12.0 Å². The lowest BCUT2D eigenvalue weighted by molar-refractivity contribution is -0.146. The second kappa shape index (κ2) is 6.32. The van der Waals surface area contributed by atoms with E-state index in [1.54, 1.807) is 27.9 Å². The minimum Gasteiger partial charge on any atom is -0.481 e. The number of hydrogen-bond donors (Lipinski definition) is 3. The van der Waals surface area contributed by atoms with Gasteiger partial charge in [0.1, 0.15) is 0 Å². The predicted octanol–water partition coefficient (Wildman–Crippen LogP) is -0.0420. The quantitative estimate of drug-likeness (QED) is 0.560. The highest BCUT2D eigenvalue weighted by Crippen LogP contribution is 2.12. The molecule has 6 nitrogen and oxygen atoms in total. The van der Waals surface area contributed by atoms with Gasteiger partial charge in [0.05, 0.1) is 5.41 Å². The molecular weight excluding hydrogens is 210 g/mol. The van der Waals surface area contributed by atoms with E-state index in [9.17, 15) is 9.59 Å². The fourth-order valence-electron chi connectivity index (χ4n) is 0.892. The zero-order chi connectivity index (χ0) is 12.8. The number of carboxylic acid groups (broad SMARTS) is 1. The minimum absolute atomic E-state index is 0.153. The number of nitrogens with zero attached hydrogens (tertiary/aromatic N) is 1. The minimum atomic E-state index is -0.836. The van der Waals surface area contributed by atoms with E-state index in [1.807, 2.05) is 0 Å². The molecule has 0 unspecified atom stereocenters. The molecule has 3 N–H and O–H groups in total. The number of rotatable bonds is 6. The molecule has 2 amide bonds. The highest BCUT2D eigenvalue weighted by atomic mass is 16.4. The molecule has 0 rings (SSSR count). The second-order valence-corrected chi connectivity index (χ2v) is 4.49. The Morgan fingerprint density at radius 2 is 1.81 bits per heavy atom. The van der Waals surface area contributed by atoms with Crippen LogP contribution in [0.3, 0.4) is 0 Å². The van der Waals surface area contributed by atoms with Crippen molar-refractivity contribution in [2.75, 3.05) is 33.7 Å².